The summed E-state index contributed by atoms with van der Waals surface area (Å²) >= 11 is 0. The number of benzene rings is 2. The lowest BCUT2D eigenvalue weighted by Crippen LogP contribution is -2.40. The summed E-state index contributed by atoms with van der Waals surface area (Å²) in [5.41, 5.74) is 2.88. The Morgan fingerprint density at radius 2 is 1.66 bits per heavy atom. The molecule has 8 nitrogen and oxygen atoms in total. The van der Waals surface area contributed by atoms with Gasteiger partial charge in [-0.25, -0.2) is 0 Å². The number of methoxy groups -OCH3 is 2. The third-order valence-corrected chi connectivity index (χ3v) is 6.87. The molecule has 0 radical (unpaired) electrons. The third kappa shape index (κ3) is 5.26. The Hall–Kier alpha value is -3.55. The van der Waals surface area contributed by atoms with E-state index in [1.807, 2.05) is 29.2 Å². The van der Waals surface area contributed by atoms with Crippen LogP contribution in [0.3, 0.4) is 0 Å². The second-order valence-corrected chi connectivity index (χ2v) is 9.03. The van der Waals surface area contributed by atoms with E-state index in [1.165, 1.54) is 21.1 Å². The molecule has 35 heavy (non-hydrogen) atoms. The number of anilines is 1. The van der Waals surface area contributed by atoms with E-state index in [0.717, 1.165) is 36.8 Å². The summed E-state index contributed by atoms with van der Waals surface area (Å²) < 4.78 is 10.9. The highest BCUT2D eigenvalue weighted by molar-refractivity contribution is 6.04. The predicted octanol–water partition coefficient (Wildman–Crippen LogP) is 3.80. The van der Waals surface area contributed by atoms with Crippen molar-refractivity contribution in [3.8, 4) is 11.5 Å². The van der Waals surface area contributed by atoms with Crippen LogP contribution in [0.5, 0.6) is 11.5 Å². The van der Waals surface area contributed by atoms with Crippen molar-refractivity contribution in [2.45, 2.75) is 45.1 Å². The van der Waals surface area contributed by atoms with Crippen molar-refractivity contribution in [1.82, 2.24) is 9.80 Å². The number of hydrogen-bond acceptors (Lipinski definition) is 5. The number of fused-ring (bicyclic) bond motifs is 1. The second kappa shape index (κ2) is 10.8. The van der Waals surface area contributed by atoms with Crippen LogP contribution in [-0.4, -0.2) is 61.4 Å². The highest BCUT2D eigenvalue weighted by Crippen LogP contribution is 2.36. The Labute approximate surface area is 206 Å². The highest BCUT2D eigenvalue weighted by Gasteiger charge is 2.31. The Kier molecular flexibility index (Phi) is 7.58. The van der Waals surface area contributed by atoms with Gasteiger partial charge in [0.05, 0.1) is 37.9 Å². The summed E-state index contributed by atoms with van der Waals surface area (Å²) in [4.78, 5) is 42.6. The lowest BCUT2D eigenvalue weighted by atomic mass is 9.90. The van der Waals surface area contributed by atoms with Crippen LogP contribution in [0.15, 0.2) is 36.4 Å². The molecule has 2 heterocycles. The molecular formula is C27H33N3O5. The Morgan fingerprint density at radius 3 is 2.34 bits per heavy atom. The molecule has 1 unspecified atom stereocenters. The van der Waals surface area contributed by atoms with Gasteiger partial charge < -0.3 is 24.6 Å². The molecule has 186 valence electrons. The fourth-order valence-corrected chi connectivity index (χ4v) is 5.05. The molecule has 2 aromatic rings. The van der Waals surface area contributed by atoms with E-state index in [0.29, 0.717) is 42.4 Å². The molecule has 2 aliphatic rings. The third-order valence-electron chi connectivity index (χ3n) is 6.87. The molecule has 1 N–H and O–H groups in total. The van der Waals surface area contributed by atoms with E-state index >= 15 is 0 Å². The van der Waals surface area contributed by atoms with Crippen molar-refractivity contribution >= 4 is 23.4 Å². The molecule has 8 heteroatoms. The van der Waals surface area contributed by atoms with E-state index in [1.54, 1.807) is 17.0 Å². The lowest BCUT2D eigenvalue weighted by Gasteiger charge is -2.36. The highest BCUT2D eigenvalue weighted by atomic mass is 16.5. The van der Waals surface area contributed by atoms with Crippen LogP contribution in [0.25, 0.3) is 0 Å². The number of carbonyl (C=O) groups is 3. The topological polar surface area (TPSA) is 88.2 Å². The van der Waals surface area contributed by atoms with E-state index in [-0.39, 0.29) is 30.2 Å². The van der Waals surface area contributed by atoms with E-state index in [4.69, 9.17) is 9.47 Å². The van der Waals surface area contributed by atoms with Gasteiger partial charge in [0.1, 0.15) is 0 Å². The fraction of sp³-hybridized carbons (Fsp3) is 0.444. The molecule has 2 aliphatic heterocycles. The van der Waals surface area contributed by atoms with Crippen molar-refractivity contribution in [3.05, 3.63) is 53.1 Å². The summed E-state index contributed by atoms with van der Waals surface area (Å²) in [6.07, 6.45) is 3.88. The largest absolute Gasteiger partial charge is 0.493 e. The van der Waals surface area contributed by atoms with Gasteiger partial charge in [0.25, 0.3) is 5.91 Å². The van der Waals surface area contributed by atoms with Crippen LogP contribution >= 0.6 is 0 Å². The van der Waals surface area contributed by atoms with Gasteiger partial charge in [-0.05, 0) is 42.9 Å². The maximum absolute atomic E-state index is 13.4. The zero-order valence-corrected chi connectivity index (χ0v) is 20.6. The Balaban J connectivity index is 1.63. The standard InChI is InChI=1S/C27H33N3O5/c1-18(31)30-14-11-19-9-5-6-10-20(19)23(30)17-26(32)28-22-16-25(35-3)24(34-2)15-21(22)27(33)29-12-7-4-8-13-29/h5-6,9-10,15-16,23H,4,7-8,11-14,17H2,1-3H3,(H,28,32). The maximum Gasteiger partial charge on any atom is 0.256 e. The molecule has 0 aromatic heterocycles. The lowest BCUT2D eigenvalue weighted by molar-refractivity contribution is -0.132. The quantitative estimate of drug-likeness (QED) is 0.681. The van der Waals surface area contributed by atoms with Gasteiger partial charge in [-0.15, -0.1) is 0 Å². The summed E-state index contributed by atoms with van der Waals surface area (Å²) in [5.74, 6) is 0.359. The van der Waals surface area contributed by atoms with Crippen molar-refractivity contribution < 1.29 is 23.9 Å². The predicted molar refractivity (Wildman–Crippen MR) is 133 cm³/mol. The Bertz CT molecular complexity index is 1110. The number of piperidine rings is 1. The van der Waals surface area contributed by atoms with Crippen LogP contribution in [0.4, 0.5) is 5.69 Å². The normalized spacial score (nSPS) is 17.4. The summed E-state index contributed by atoms with van der Waals surface area (Å²) in [7, 11) is 3.03. The van der Waals surface area contributed by atoms with Gasteiger partial charge in [0.2, 0.25) is 11.8 Å². The first-order valence-corrected chi connectivity index (χ1v) is 12.1. The smallest absolute Gasteiger partial charge is 0.256 e. The number of hydrogen-bond donors (Lipinski definition) is 1. The van der Waals surface area contributed by atoms with Crippen LogP contribution < -0.4 is 14.8 Å². The number of amides is 3. The van der Waals surface area contributed by atoms with Crippen LogP contribution in [0.2, 0.25) is 0 Å². The van der Waals surface area contributed by atoms with Gasteiger partial charge in [-0.3, -0.25) is 14.4 Å². The molecule has 3 amide bonds. The van der Waals surface area contributed by atoms with Gasteiger partial charge >= 0.3 is 0 Å². The maximum atomic E-state index is 13.4. The van der Waals surface area contributed by atoms with Gasteiger partial charge in [0.15, 0.2) is 11.5 Å². The minimum absolute atomic E-state index is 0.0654. The minimum atomic E-state index is -0.362. The molecule has 0 spiro atoms. The van der Waals surface area contributed by atoms with Gasteiger partial charge in [0, 0.05) is 32.6 Å². The van der Waals surface area contributed by atoms with Gasteiger partial charge in [-0.2, -0.15) is 0 Å². The first-order valence-electron chi connectivity index (χ1n) is 12.1. The van der Waals surface area contributed by atoms with Crippen molar-refractivity contribution in [2.75, 3.05) is 39.2 Å². The van der Waals surface area contributed by atoms with Crippen LogP contribution in [0, 0.1) is 0 Å². The van der Waals surface area contributed by atoms with Crippen molar-refractivity contribution in [2.24, 2.45) is 0 Å². The summed E-state index contributed by atoms with van der Waals surface area (Å²) in [6.45, 7) is 3.47. The number of carbonyl (C=O) groups excluding carboxylic acids is 3. The van der Waals surface area contributed by atoms with E-state index in [9.17, 15) is 14.4 Å². The van der Waals surface area contributed by atoms with E-state index in [2.05, 4.69) is 5.32 Å². The first-order chi connectivity index (χ1) is 16.9. The van der Waals surface area contributed by atoms with Crippen LogP contribution in [0.1, 0.15) is 60.1 Å². The monoisotopic (exact) mass is 479 g/mol. The SMILES string of the molecule is COc1cc(NC(=O)CC2c3ccccc3CCN2C(C)=O)c(C(=O)N2CCCCC2)cc1OC. The molecule has 1 saturated heterocycles. The molecule has 0 bridgehead atoms. The number of rotatable bonds is 6. The number of ether oxygens (including phenoxy) is 2. The molecule has 1 fully saturated rings. The van der Waals surface area contributed by atoms with E-state index < -0.39 is 0 Å². The van der Waals surface area contributed by atoms with Crippen molar-refractivity contribution in [3.63, 3.8) is 0 Å². The molecule has 0 saturated carbocycles. The second-order valence-electron chi connectivity index (χ2n) is 9.03. The minimum Gasteiger partial charge on any atom is -0.493 e. The molecule has 4 rings (SSSR count). The summed E-state index contributed by atoms with van der Waals surface area (Å²) in [6, 6.07) is 10.8. The van der Waals surface area contributed by atoms with Crippen molar-refractivity contribution in [1.29, 1.82) is 0 Å². The molecule has 0 aliphatic carbocycles. The summed E-state index contributed by atoms with van der Waals surface area (Å²) in [5, 5.41) is 2.93. The number of nitrogens with one attached hydrogen (secondary N) is 1. The molecular weight excluding hydrogens is 446 g/mol. The Morgan fingerprint density at radius 1 is 0.971 bits per heavy atom. The van der Waals surface area contributed by atoms with Crippen LogP contribution in [-0.2, 0) is 16.0 Å². The van der Waals surface area contributed by atoms with Gasteiger partial charge in [-0.1, -0.05) is 24.3 Å². The average molecular weight is 480 g/mol. The average Bonchev–Trinajstić information content (AvgIpc) is 2.88. The number of likely N-dealkylation sites (tertiary alicyclic amines) is 1. The molecule has 1 atom stereocenters. The zero-order valence-electron chi connectivity index (χ0n) is 20.6. The zero-order chi connectivity index (χ0) is 24.9. The first kappa shape index (κ1) is 24.6. The number of nitrogens with zero attached hydrogens (tertiary/aromatic N) is 2. The molecule has 2 aromatic carbocycles. The fourth-order valence-electron chi connectivity index (χ4n) is 5.05.